The van der Waals surface area contributed by atoms with Crippen molar-refractivity contribution < 1.29 is 14.6 Å². The molecule has 0 aromatic heterocycles. The zero-order valence-electron chi connectivity index (χ0n) is 8.88. The molecule has 1 N–H and O–H groups in total. The first-order valence-corrected chi connectivity index (χ1v) is 5.04. The van der Waals surface area contributed by atoms with E-state index >= 15 is 0 Å². The molecule has 1 rings (SSSR count). The Balaban J connectivity index is 2.40. The molecule has 3 heteroatoms. The van der Waals surface area contributed by atoms with Crippen molar-refractivity contribution >= 4 is 0 Å². The van der Waals surface area contributed by atoms with Gasteiger partial charge in [-0.15, -0.1) is 0 Å². The second kappa shape index (κ2) is 5.35. The summed E-state index contributed by atoms with van der Waals surface area (Å²) in [5.74, 6) is 5.46. The van der Waals surface area contributed by atoms with E-state index in [0.29, 0.717) is 0 Å². The van der Waals surface area contributed by atoms with Crippen LogP contribution in [0.25, 0.3) is 0 Å². The van der Waals surface area contributed by atoms with Gasteiger partial charge in [0.1, 0.15) is 12.2 Å². The maximum absolute atomic E-state index is 8.58. The Morgan fingerprint density at radius 3 is 2.86 bits per heavy atom. The van der Waals surface area contributed by atoms with Crippen LogP contribution in [0.1, 0.15) is 33.1 Å². The van der Waals surface area contributed by atoms with Gasteiger partial charge in [-0.25, -0.2) is 0 Å². The van der Waals surface area contributed by atoms with E-state index in [-0.39, 0.29) is 12.9 Å². The summed E-state index contributed by atoms with van der Waals surface area (Å²) < 4.78 is 11.1. The first-order valence-electron chi connectivity index (χ1n) is 5.04. The van der Waals surface area contributed by atoms with E-state index in [0.717, 1.165) is 25.9 Å². The van der Waals surface area contributed by atoms with Crippen LogP contribution in [0.2, 0.25) is 0 Å². The van der Waals surface area contributed by atoms with Gasteiger partial charge in [0.15, 0.2) is 6.29 Å². The molecule has 1 aliphatic heterocycles. The number of hydrogen-bond acceptors (Lipinski definition) is 3. The molecule has 0 aromatic carbocycles. The van der Waals surface area contributed by atoms with Crippen LogP contribution in [-0.4, -0.2) is 30.2 Å². The third-order valence-corrected chi connectivity index (χ3v) is 2.03. The molecule has 0 saturated carbocycles. The van der Waals surface area contributed by atoms with E-state index < -0.39 is 5.60 Å². The van der Waals surface area contributed by atoms with Gasteiger partial charge in [-0.2, -0.15) is 0 Å². The van der Waals surface area contributed by atoms with E-state index in [9.17, 15) is 0 Å². The van der Waals surface area contributed by atoms with Crippen molar-refractivity contribution in [2.75, 3.05) is 13.2 Å². The van der Waals surface area contributed by atoms with Gasteiger partial charge in [-0.3, -0.25) is 0 Å². The molecule has 14 heavy (non-hydrogen) atoms. The maximum atomic E-state index is 8.58. The van der Waals surface area contributed by atoms with Crippen LogP contribution in [0.4, 0.5) is 0 Å². The quantitative estimate of drug-likeness (QED) is 0.680. The summed E-state index contributed by atoms with van der Waals surface area (Å²) in [5.41, 5.74) is -0.537. The van der Waals surface area contributed by atoms with Crippen molar-refractivity contribution in [3.05, 3.63) is 0 Å². The standard InChI is InChI=1S/C11H18O3/c1-11(2,7-5-8-12)14-10-6-3-4-9-13-10/h10,12H,3-4,6,8-9H2,1-2H3. The fourth-order valence-corrected chi connectivity index (χ4v) is 1.41. The van der Waals surface area contributed by atoms with Gasteiger partial charge in [0.2, 0.25) is 0 Å². The minimum Gasteiger partial charge on any atom is -0.384 e. The van der Waals surface area contributed by atoms with Crippen LogP contribution in [0, 0.1) is 11.8 Å². The minimum absolute atomic E-state index is 0.127. The SMILES string of the molecule is CC(C)(C#CCO)OC1CCCCO1. The molecule has 80 valence electrons. The summed E-state index contributed by atoms with van der Waals surface area (Å²) in [6, 6.07) is 0. The van der Waals surface area contributed by atoms with Gasteiger partial charge in [-0.05, 0) is 33.1 Å². The summed E-state index contributed by atoms with van der Waals surface area (Å²) in [6.45, 7) is 4.41. The molecule has 1 fully saturated rings. The lowest BCUT2D eigenvalue weighted by Gasteiger charge is -2.29. The highest BCUT2D eigenvalue weighted by atomic mass is 16.7. The van der Waals surface area contributed by atoms with Crippen LogP contribution in [-0.2, 0) is 9.47 Å². The van der Waals surface area contributed by atoms with Gasteiger partial charge in [0, 0.05) is 6.61 Å². The average molecular weight is 198 g/mol. The van der Waals surface area contributed by atoms with Crippen molar-refractivity contribution in [1.82, 2.24) is 0 Å². The molecule has 0 amide bonds. The Labute approximate surface area is 85.4 Å². The third-order valence-electron chi connectivity index (χ3n) is 2.03. The van der Waals surface area contributed by atoms with Gasteiger partial charge < -0.3 is 14.6 Å². The van der Waals surface area contributed by atoms with E-state index in [1.807, 2.05) is 13.8 Å². The van der Waals surface area contributed by atoms with Crippen LogP contribution in [0.3, 0.4) is 0 Å². The Kier molecular flexibility index (Phi) is 4.40. The molecule has 0 aromatic rings. The van der Waals surface area contributed by atoms with E-state index in [2.05, 4.69) is 11.8 Å². The zero-order chi connectivity index (χ0) is 10.4. The normalized spacial score (nSPS) is 22.6. The molecular formula is C11H18O3. The highest BCUT2D eigenvalue weighted by molar-refractivity contribution is 5.11. The summed E-state index contributed by atoms with van der Waals surface area (Å²) in [5, 5.41) is 8.58. The molecule has 3 nitrogen and oxygen atoms in total. The molecule has 1 saturated heterocycles. The second-order valence-electron chi connectivity index (χ2n) is 3.88. The molecule has 1 atom stereocenters. The first-order chi connectivity index (χ1) is 6.64. The maximum Gasteiger partial charge on any atom is 0.159 e. The molecule has 0 aliphatic carbocycles. The molecule has 0 bridgehead atoms. The Bertz CT molecular complexity index is 218. The summed E-state index contributed by atoms with van der Waals surface area (Å²) in [4.78, 5) is 0. The predicted molar refractivity (Wildman–Crippen MR) is 53.6 cm³/mol. The zero-order valence-corrected chi connectivity index (χ0v) is 8.88. The summed E-state index contributed by atoms with van der Waals surface area (Å²) >= 11 is 0. The number of hydrogen-bond donors (Lipinski definition) is 1. The van der Waals surface area contributed by atoms with Crippen molar-refractivity contribution in [2.45, 2.75) is 45.0 Å². The molecule has 1 heterocycles. The van der Waals surface area contributed by atoms with Gasteiger partial charge >= 0.3 is 0 Å². The lowest BCUT2D eigenvalue weighted by Crippen LogP contribution is -2.33. The van der Waals surface area contributed by atoms with Gasteiger partial charge in [-0.1, -0.05) is 11.8 Å². The average Bonchev–Trinajstić information content (AvgIpc) is 2.16. The number of aliphatic hydroxyl groups excluding tert-OH is 1. The Hall–Kier alpha value is -0.560. The molecular weight excluding hydrogens is 180 g/mol. The minimum atomic E-state index is -0.537. The van der Waals surface area contributed by atoms with Gasteiger partial charge in [0.25, 0.3) is 0 Å². The molecule has 0 radical (unpaired) electrons. The van der Waals surface area contributed by atoms with Gasteiger partial charge in [0.05, 0.1) is 0 Å². The van der Waals surface area contributed by atoms with E-state index in [1.165, 1.54) is 0 Å². The van der Waals surface area contributed by atoms with Crippen LogP contribution in [0.15, 0.2) is 0 Å². The van der Waals surface area contributed by atoms with Crippen LogP contribution < -0.4 is 0 Å². The smallest absolute Gasteiger partial charge is 0.159 e. The van der Waals surface area contributed by atoms with Crippen molar-refractivity contribution in [2.24, 2.45) is 0 Å². The Morgan fingerprint density at radius 1 is 1.50 bits per heavy atom. The monoisotopic (exact) mass is 198 g/mol. The molecule has 1 aliphatic rings. The lowest BCUT2D eigenvalue weighted by atomic mass is 10.1. The number of ether oxygens (including phenoxy) is 2. The number of rotatable bonds is 2. The first kappa shape index (κ1) is 11.5. The van der Waals surface area contributed by atoms with Crippen molar-refractivity contribution in [3.63, 3.8) is 0 Å². The highest BCUT2D eigenvalue weighted by Crippen LogP contribution is 2.19. The van der Waals surface area contributed by atoms with Crippen molar-refractivity contribution in [1.29, 1.82) is 0 Å². The van der Waals surface area contributed by atoms with E-state index in [4.69, 9.17) is 14.6 Å². The predicted octanol–water partition coefficient (Wildman–Crippen LogP) is 1.30. The summed E-state index contributed by atoms with van der Waals surface area (Å²) in [7, 11) is 0. The highest BCUT2D eigenvalue weighted by Gasteiger charge is 2.23. The topological polar surface area (TPSA) is 38.7 Å². The van der Waals surface area contributed by atoms with E-state index in [1.54, 1.807) is 0 Å². The summed E-state index contributed by atoms with van der Waals surface area (Å²) in [6.07, 6.45) is 3.06. The van der Waals surface area contributed by atoms with Crippen molar-refractivity contribution in [3.8, 4) is 11.8 Å². The molecule has 1 unspecified atom stereocenters. The Morgan fingerprint density at radius 2 is 2.29 bits per heavy atom. The lowest BCUT2D eigenvalue weighted by molar-refractivity contribution is -0.199. The van der Waals surface area contributed by atoms with Crippen LogP contribution in [0.5, 0.6) is 0 Å². The largest absolute Gasteiger partial charge is 0.384 e. The fraction of sp³-hybridized carbons (Fsp3) is 0.818. The third kappa shape index (κ3) is 4.10. The number of aliphatic hydroxyl groups is 1. The van der Waals surface area contributed by atoms with Crippen LogP contribution >= 0.6 is 0 Å². The second-order valence-corrected chi connectivity index (χ2v) is 3.88. The molecule has 0 spiro atoms. The fourth-order valence-electron chi connectivity index (χ4n) is 1.41.